The number of anilines is 1. The maximum absolute atomic E-state index is 9.66. The van der Waals surface area contributed by atoms with Crippen molar-refractivity contribution in [2.45, 2.75) is 50.7 Å². The molecule has 0 bridgehead atoms. The monoisotopic (exact) mass is 277 g/mol. The molecular formula is C15H23N3O2. The van der Waals surface area contributed by atoms with Crippen LogP contribution in [0.3, 0.4) is 0 Å². The molecule has 0 unspecified atom stereocenters. The van der Waals surface area contributed by atoms with Gasteiger partial charge in [0.15, 0.2) is 0 Å². The molecular weight excluding hydrogens is 254 g/mol. The van der Waals surface area contributed by atoms with E-state index >= 15 is 0 Å². The van der Waals surface area contributed by atoms with Gasteiger partial charge >= 0.3 is 0 Å². The van der Waals surface area contributed by atoms with E-state index < -0.39 is 0 Å². The van der Waals surface area contributed by atoms with Crippen molar-refractivity contribution in [2.24, 2.45) is 0 Å². The average molecular weight is 277 g/mol. The first-order valence-corrected chi connectivity index (χ1v) is 7.48. The van der Waals surface area contributed by atoms with Crippen LogP contribution in [0.2, 0.25) is 0 Å². The third-order valence-corrected chi connectivity index (χ3v) is 4.40. The number of piperidine rings is 1. The molecule has 1 aromatic rings. The van der Waals surface area contributed by atoms with Gasteiger partial charge in [-0.25, -0.2) is 9.97 Å². The molecule has 3 rings (SSSR count). The molecule has 20 heavy (non-hydrogen) atoms. The highest BCUT2D eigenvalue weighted by Gasteiger charge is 2.42. The van der Waals surface area contributed by atoms with E-state index in [2.05, 4.69) is 28.7 Å². The maximum Gasteiger partial charge on any atom is 0.225 e. The van der Waals surface area contributed by atoms with Crippen LogP contribution < -0.4 is 4.90 Å². The number of aromatic nitrogens is 2. The Kier molecular flexibility index (Phi) is 3.65. The Balaban J connectivity index is 1.67. The Morgan fingerprint density at radius 2 is 2.15 bits per heavy atom. The number of nitrogens with zero attached hydrogens (tertiary/aromatic N) is 3. The normalized spacial score (nSPS) is 25.6. The summed E-state index contributed by atoms with van der Waals surface area (Å²) in [6, 6.07) is 1.98. The fraction of sp³-hybridized carbons (Fsp3) is 0.733. The van der Waals surface area contributed by atoms with E-state index in [-0.39, 0.29) is 11.7 Å². The first-order chi connectivity index (χ1) is 9.58. The number of ether oxygens (including phenoxy) is 1. The summed E-state index contributed by atoms with van der Waals surface area (Å²) in [5, 5.41) is 9.66. The first kappa shape index (κ1) is 13.8. The zero-order valence-electron chi connectivity index (χ0n) is 12.2. The lowest BCUT2D eigenvalue weighted by atomic mass is 9.88. The van der Waals surface area contributed by atoms with E-state index in [9.17, 15) is 5.11 Å². The predicted molar refractivity (Wildman–Crippen MR) is 76.9 cm³/mol. The summed E-state index contributed by atoms with van der Waals surface area (Å²) in [7, 11) is 0. The lowest BCUT2D eigenvalue weighted by molar-refractivity contribution is -0.0168. The zero-order valence-corrected chi connectivity index (χ0v) is 12.2. The van der Waals surface area contributed by atoms with Crippen LogP contribution in [0, 0.1) is 0 Å². The van der Waals surface area contributed by atoms with Crippen LogP contribution in [0.15, 0.2) is 12.3 Å². The molecule has 2 fully saturated rings. The quantitative estimate of drug-likeness (QED) is 0.892. The van der Waals surface area contributed by atoms with E-state index in [4.69, 9.17) is 4.74 Å². The molecule has 3 heterocycles. The van der Waals surface area contributed by atoms with Gasteiger partial charge in [0.25, 0.3) is 0 Å². The van der Waals surface area contributed by atoms with Crippen molar-refractivity contribution in [3.8, 4) is 0 Å². The molecule has 110 valence electrons. The molecule has 1 N–H and O–H groups in total. The number of aliphatic hydroxyl groups excluding tert-OH is 1. The van der Waals surface area contributed by atoms with Crippen LogP contribution >= 0.6 is 0 Å². The molecule has 0 radical (unpaired) electrons. The minimum Gasteiger partial charge on any atom is -0.391 e. The summed E-state index contributed by atoms with van der Waals surface area (Å²) < 4.78 is 5.82. The van der Waals surface area contributed by atoms with Gasteiger partial charge in [-0.15, -0.1) is 0 Å². The lowest BCUT2D eigenvalue weighted by Gasteiger charge is -2.38. The second-order valence-electron chi connectivity index (χ2n) is 6.28. The maximum atomic E-state index is 9.66. The highest BCUT2D eigenvalue weighted by atomic mass is 16.5. The minimum atomic E-state index is -0.290. The molecule has 1 spiro atoms. The summed E-state index contributed by atoms with van der Waals surface area (Å²) in [6.07, 6.45) is 4.21. The van der Waals surface area contributed by atoms with Crippen molar-refractivity contribution in [3.63, 3.8) is 0 Å². The van der Waals surface area contributed by atoms with Crippen molar-refractivity contribution in [3.05, 3.63) is 18.0 Å². The Bertz CT molecular complexity index is 470. The largest absolute Gasteiger partial charge is 0.391 e. The molecule has 0 amide bonds. The van der Waals surface area contributed by atoms with Crippen molar-refractivity contribution < 1.29 is 9.84 Å². The highest BCUT2D eigenvalue weighted by Crippen LogP contribution is 2.36. The minimum absolute atomic E-state index is 0.106. The third kappa shape index (κ3) is 2.65. The van der Waals surface area contributed by atoms with Gasteiger partial charge in [0.2, 0.25) is 5.95 Å². The number of hydrogen-bond donors (Lipinski definition) is 1. The van der Waals surface area contributed by atoms with Crippen LogP contribution in [-0.2, 0) is 4.74 Å². The molecule has 2 saturated heterocycles. The van der Waals surface area contributed by atoms with E-state index in [1.807, 2.05) is 12.3 Å². The smallest absolute Gasteiger partial charge is 0.225 e. The van der Waals surface area contributed by atoms with Crippen LogP contribution in [0.4, 0.5) is 5.95 Å². The van der Waals surface area contributed by atoms with Gasteiger partial charge in [0.05, 0.1) is 18.3 Å². The molecule has 0 aromatic carbocycles. The van der Waals surface area contributed by atoms with Gasteiger partial charge in [-0.2, -0.15) is 0 Å². The summed E-state index contributed by atoms with van der Waals surface area (Å²) in [4.78, 5) is 11.3. The van der Waals surface area contributed by atoms with Crippen LogP contribution in [0.1, 0.15) is 44.7 Å². The van der Waals surface area contributed by atoms with E-state index in [1.54, 1.807) is 0 Å². The fourth-order valence-electron chi connectivity index (χ4n) is 3.12. The standard InChI is InChI=1S/C15H23N3O2/c1-11(2)13-3-6-16-14(17-13)18-7-4-15(5-8-18)9-12(19)10-20-15/h3,6,11-12,19H,4-5,7-10H2,1-2H3/t12-/m1/s1. The SMILES string of the molecule is CC(C)c1ccnc(N2CCC3(CC2)C[C@@H](O)CO3)n1. The summed E-state index contributed by atoms with van der Waals surface area (Å²) >= 11 is 0. The second-order valence-corrected chi connectivity index (χ2v) is 6.28. The van der Waals surface area contributed by atoms with E-state index in [0.717, 1.165) is 44.0 Å². The van der Waals surface area contributed by atoms with Crippen molar-refractivity contribution in [1.29, 1.82) is 0 Å². The molecule has 1 atom stereocenters. The Hall–Kier alpha value is -1.20. The Morgan fingerprint density at radius 1 is 1.40 bits per heavy atom. The molecule has 0 saturated carbocycles. The fourth-order valence-corrected chi connectivity index (χ4v) is 3.12. The molecule has 2 aliphatic rings. The summed E-state index contributed by atoms with van der Waals surface area (Å²) in [5.74, 6) is 1.24. The number of rotatable bonds is 2. The second kappa shape index (κ2) is 5.30. The van der Waals surface area contributed by atoms with E-state index in [0.29, 0.717) is 12.5 Å². The van der Waals surface area contributed by atoms with Crippen molar-refractivity contribution in [1.82, 2.24) is 9.97 Å². The van der Waals surface area contributed by atoms with Gasteiger partial charge in [-0.3, -0.25) is 0 Å². The van der Waals surface area contributed by atoms with Gasteiger partial charge in [0.1, 0.15) is 0 Å². The number of hydrogen-bond acceptors (Lipinski definition) is 5. The predicted octanol–water partition coefficient (Wildman–Crippen LogP) is 1.72. The van der Waals surface area contributed by atoms with Crippen molar-refractivity contribution >= 4 is 5.95 Å². The van der Waals surface area contributed by atoms with E-state index in [1.165, 1.54) is 0 Å². The topological polar surface area (TPSA) is 58.5 Å². The van der Waals surface area contributed by atoms with Crippen molar-refractivity contribution in [2.75, 3.05) is 24.6 Å². The highest BCUT2D eigenvalue weighted by molar-refractivity contribution is 5.32. The zero-order chi connectivity index (χ0) is 14.2. The third-order valence-electron chi connectivity index (χ3n) is 4.40. The molecule has 1 aromatic heterocycles. The van der Waals surface area contributed by atoms with Gasteiger partial charge < -0.3 is 14.7 Å². The van der Waals surface area contributed by atoms with Crippen LogP contribution in [0.5, 0.6) is 0 Å². The summed E-state index contributed by atoms with van der Waals surface area (Å²) in [6.45, 7) is 6.57. The van der Waals surface area contributed by atoms with Gasteiger partial charge in [-0.05, 0) is 24.8 Å². The molecule has 5 nitrogen and oxygen atoms in total. The van der Waals surface area contributed by atoms with Crippen LogP contribution in [-0.4, -0.2) is 46.5 Å². The summed E-state index contributed by atoms with van der Waals surface area (Å²) in [5.41, 5.74) is 0.980. The van der Waals surface area contributed by atoms with Gasteiger partial charge in [-0.1, -0.05) is 13.8 Å². The average Bonchev–Trinajstić information content (AvgIpc) is 2.81. The first-order valence-electron chi connectivity index (χ1n) is 7.48. The Morgan fingerprint density at radius 3 is 2.75 bits per heavy atom. The Labute approximate surface area is 120 Å². The number of aliphatic hydroxyl groups is 1. The van der Waals surface area contributed by atoms with Gasteiger partial charge in [0, 0.05) is 31.4 Å². The molecule has 5 heteroatoms. The van der Waals surface area contributed by atoms with Crippen LogP contribution in [0.25, 0.3) is 0 Å². The lowest BCUT2D eigenvalue weighted by Crippen LogP contribution is -2.45. The molecule has 0 aliphatic carbocycles. The molecule has 2 aliphatic heterocycles.